The van der Waals surface area contributed by atoms with Gasteiger partial charge in [0, 0.05) is 17.4 Å². The maximum atomic E-state index is 12.0. The highest BCUT2D eigenvalue weighted by Gasteiger charge is 2.06. The van der Waals surface area contributed by atoms with Gasteiger partial charge in [-0.1, -0.05) is 23.7 Å². The van der Waals surface area contributed by atoms with Crippen LogP contribution >= 0.6 is 11.6 Å². The largest absolute Gasteiger partial charge is 0.322 e. The molecule has 0 aliphatic carbocycles. The number of halogens is 1. The molecule has 0 atom stereocenters. The van der Waals surface area contributed by atoms with E-state index in [9.17, 15) is 4.79 Å². The van der Waals surface area contributed by atoms with E-state index in [1.54, 1.807) is 28.0 Å². The van der Waals surface area contributed by atoms with Gasteiger partial charge in [0.15, 0.2) is 0 Å². The monoisotopic (exact) mass is 329 g/mol. The summed E-state index contributed by atoms with van der Waals surface area (Å²) < 4.78 is 3.36. The zero-order chi connectivity index (χ0) is 16.2. The Balaban J connectivity index is 1.58. The third kappa shape index (κ3) is 4.20. The summed E-state index contributed by atoms with van der Waals surface area (Å²) in [5.41, 5.74) is 2.63. The van der Waals surface area contributed by atoms with Crippen LogP contribution in [0.4, 0.5) is 5.69 Å². The molecule has 0 saturated heterocycles. The van der Waals surface area contributed by atoms with Gasteiger partial charge in [0.25, 0.3) is 0 Å². The number of benzene rings is 1. The van der Waals surface area contributed by atoms with E-state index in [4.69, 9.17) is 11.6 Å². The molecule has 118 valence electrons. The Labute approximate surface area is 138 Å². The summed E-state index contributed by atoms with van der Waals surface area (Å²) in [5.74, 6) is -0.140. The van der Waals surface area contributed by atoms with Crippen LogP contribution in [0.2, 0.25) is 5.02 Å². The summed E-state index contributed by atoms with van der Waals surface area (Å²) in [6, 6.07) is 9.44. The van der Waals surface area contributed by atoms with Crippen LogP contribution in [0.5, 0.6) is 0 Å². The highest BCUT2D eigenvalue weighted by molar-refractivity contribution is 6.30. The van der Waals surface area contributed by atoms with Crippen LogP contribution in [0.25, 0.3) is 0 Å². The van der Waals surface area contributed by atoms with E-state index in [2.05, 4.69) is 15.5 Å². The molecule has 0 aliphatic rings. The van der Waals surface area contributed by atoms with Crippen molar-refractivity contribution >= 4 is 23.2 Å². The second-order valence-corrected chi connectivity index (χ2v) is 5.69. The highest BCUT2D eigenvalue weighted by Crippen LogP contribution is 2.12. The van der Waals surface area contributed by atoms with Crippen LogP contribution in [0.15, 0.2) is 48.9 Å². The minimum atomic E-state index is -0.140. The Morgan fingerprint density at radius 3 is 2.70 bits per heavy atom. The molecule has 7 heteroatoms. The Kier molecular flexibility index (Phi) is 4.43. The summed E-state index contributed by atoms with van der Waals surface area (Å²) >= 11 is 5.87. The molecule has 0 saturated carbocycles. The van der Waals surface area contributed by atoms with Gasteiger partial charge in [-0.15, -0.1) is 0 Å². The van der Waals surface area contributed by atoms with Crippen molar-refractivity contribution in [3.05, 3.63) is 65.2 Å². The molecule has 3 aromatic rings. The molecule has 0 spiro atoms. The molecule has 1 N–H and O–H groups in total. The fourth-order valence-corrected chi connectivity index (χ4v) is 2.32. The Hall–Kier alpha value is -2.60. The third-order valence-corrected chi connectivity index (χ3v) is 3.51. The highest BCUT2D eigenvalue weighted by atomic mass is 35.5. The van der Waals surface area contributed by atoms with Crippen molar-refractivity contribution in [2.75, 3.05) is 5.32 Å². The molecule has 2 heterocycles. The predicted octanol–water partition coefficient (Wildman–Crippen LogP) is 2.73. The Bertz CT molecular complexity index is 806. The first-order valence-electron chi connectivity index (χ1n) is 7.15. The standard InChI is InChI=1S/C16H16ClN5O/c1-12-6-7-21(20-12)11-16(23)19-15-8-18-22(10-15)9-13-2-4-14(17)5-3-13/h2-8,10H,9,11H2,1H3,(H,19,23). The lowest BCUT2D eigenvalue weighted by Gasteiger charge is -2.03. The molecule has 0 bridgehead atoms. The smallest absolute Gasteiger partial charge is 0.246 e. The van der Waals surface area contributed by atoms with Gasteiger partial charge in [0.2, 0.25) is 5.91 Å². The zero-order valence-corrected chi connectivity index (χ0v) is 13.4. The molecule has 0 aliphatic heterocycles. The lowest BCUT2D eigenvalue weighted by atomic mass is 10.2. The van der Waals surface area contributed by atoms with Crippen LogP contribution in [0, 0.1) is 6.92 Å². The van der Waals surface area contributed by atoms with Crippen LogP contribution in [-0.2, 0) is 17.9 Å². The lowest BCUT2D eigenvalue weighted by Crippen LogP contribution is -2.18. The number of nitrogens with one attached hydrogen (secondary N) is 1. The summed E-state index contributed by atoms with van der Waals surface area (Å²) in [6.45, 7) is 2.68. The minimum Gasteiger partial charge on any atom is -0.322 e. The van der Waals surface area contributed by atoms with Crippen LogP contribution < -0.4 is 5.32 Å². The normalized spacial score (nSPS) is 10.7. The van der Waals surface area contributed by atoms with E-state index in [-0.39, 0.29) is 12.5 Å². The number of amides is 1. The molecule has 0 radical (unpaired) electrons. The number of aryl methyl sites for hydroxylation is 1. The fourth-order valence-electron chi connectivity index (χ4n) is 2.19. The Morgan fingerprint density at radius 1 is 1.22 bits per heavy atom. The van der Waals surface area contributed by atoms with Crippen molar-refractivity contribution in [1.29, 1.82) is 0 Å². The average Bonchev–Trinajstić information content (AvgIpc) is 3.11. The molecule has 23 heavy (non-hydrogen) atoms. The maximum Gasteiger partial charge on any atom is 0.246 e. The van der Waals surface area contributed by atoms with E-state index in [0.29, 0.717) is 17.3 Å². The SMILES string of the molecule is Cc1ccn(CC(=O)Nc2cnn(Cc3ccc(Cl)cc3)c2)n1. The van der Waals surface area contributed by atoms with Crippen molar-refractivity contribution in [1.82, 2.24) is 19.6 Å². The molecule has 6 nitrogen and oxygen atoms in total. The lowest BCUT2D eigenvalue weighted by molar-refractivity contribution is -0.116. The summed E-state index contributed by atoms with van der Waals surface area (Å²) in [4.78, 5) is 12.0. The number of hydrogen-bond acceptors (Lipinski definition) is 3. The van der Waals surface area contributed by atoms with Crippen LogP contribution in [0.3, 0.4) is 0 Å². The number of carbonyl (C=O) groups excluding carboxylic acids is 1. The first-order chi connectivity index (χ1) is 11.1. The van der Waals surface area contributed by atoms with E-state index >= 15 is 0 Å². The molecule has 2 aromatic heterocycles. The summed E-state index contributed by atoms with van der Waals surface area (Å²) in [5, 5.41) is 11.9. The van der Waals surface area contributed by atoms with Gasteiger partial charge >= 0.3 is 0 Å². The second-order valence-electron chi connectivity index (χ2n) is 5.26. The molecule has 1 aromatic carbocycles. The van der Waals surface area contributed by atoms with Crippen molar-refractivity contribution in [3.8, 4) is 0 Å². The number of hydrogen-bond donors (Lipinski definition) is 1. The van der Waals surface area contributed by atoms with Crippen LogP contribution in [-0.4, -0.2) is 25.5 Å². The topological polar surface area (TPSA) is 64.7 Å². The van der Waals surface area contributed by atoms with E-state index in [1.807, 2.05) is 37.3 Å². The molecule has 0 fully saturated rings. The molecule has 3 rings (SSSR count). The van der Waals surface area contributed by atoms with E-state index in [1.165, 1.54) is 0 Å². The quantitative estimate of drug-likeness (QED) is 0.782. The number of rotatable bonds is 5. The van der Waals surface area contributed by atoms with Crippen molar-refractivity contribution < 1.29 is 4.79 Å². The minimum absolute atomic E-state index is 0.140. The summed E-state index contributed by atoms with van der Waals surface area (Å²) in [7, 11) is 0. The molecule has 0 unspecified atom stereocenters. The van der Waals surface area contributed by atoms with Gasteiger partial charge in [-0.05, 0) is 30.7 Å². The van der Waals surface area contributed by atoms with E-state index in [0.717, 1.165) is 11.3 Å². The first-order valence-corrected chi connectivity index (χ1v) is 7.53. The predicted molar refractivity (Wildman–Crippen MR) is 88.4 cm³/mol. The second kappa shape index (κ2) is 6.66. The van der Waals surface area contributed by atoms with Gasteiger partial charge in [-0.3, -0.25) is 14.2 Å². The van der Waals surface area contributed by atoms with Gasteiger partial charge < -0.3 is 5.32 Å². The van der Waals surface area contributed by atoms with Gasteiger partial charge in [-0.2, -0.15) is 10.2 Å². The zero-order valence-electron chi connectivity index (χ0n) is 12.6. The van der Waals surface area contributed by atoms with Crippen molar-refractivity contribution in [2.24, 2.45) is 0 Å². The van der Waals surface area contributed by atoms with Gasteiger partial charge in [0.05, 0.1) is 24.1 Å². The number of carbonyl (C=O) groups is 1. The first kappa shape index (κ1) is 15.3. The van der Waals surface area contributed by atoms with E-state index < -0.39 is 0 Å². The Morgan fingerprint density at radius 2 is 2.00 bits per heavy atom. The average molecular weight is 330 g/mol. The van der Waals surface area contributed by atoms with Crippen molar-refractivity contribution in [3.63, 3.8) is 0 Å². The fraction of sp³-hybridized carbons (Fsp3) is 0.188. The summed E-state index contributed by atoms with van der Waals surface area (Å²) in [6.07, 6.45) is 5.20. The number of aromatic nitrogens is 4. The number of nitrogens with zero attached hydrogens (tertiary/aromatic N) is 4. The van der Waals surface area contributed by atoms with Gasteiger partial charge in [0.1, 0.15) is 6.54 Å². The molecular weight excluding hydrogens is 314 g/mol. The van der Waals surface area contributed by atoms with Crippen molar-refractivity contribution in [2.45, 2.75) is 20.0 Å². The van der Waals surface area contributed by atoms with Gasteiger partial charge in [-0.25, -0.2) is 0 Å². The number of anilines is 1. The molecular formula is C16H16ClN5O. The third-order valence-electron chi connectivity index (χ3n) is 3.25. The maximum absolute atomic E-state index is 12.0. The molecule has 1 amide bonds. The van der Waals surface area contributed by atoms with Crippen LogP contribution in [0.1, 0.15) is 11.3 Å².